The molecule has 1 heterocycles. The summed E-state index contributed by atoms with van der Waals surface area (Å²) in [6, 6.07) is 0. The summed E-state index contributed by atoms with van der Waals surface area (Å²) in [6.07, 6.45) is 1.50. The average molecular weight is 862 g/mol. The predicted octanol–water partition coefficient (Wildman–Crippen LogP) is 16.6. The number of carboxylic acids is 1. The van der Waals surface area contributed by atoms with Crippen LogP contribution in [-0.2, 0) is 15.6 Å². The van der Waals surface area contributed by atoms with E-state index >= 15 is 0 Å². The lowest BCUT2D eigenvalue weighted by atomic mass is 9.52. The van der Waals surface area contributed by atoms with Gasteiger partial charge in [0.05, 0.1) is 10.8 Å². The van der Waals surface area contributed by atoms with Gasteiger partial charge in [0.2, 0.25) is 0 Å². The molecule has 0 aromatic heterocycles. The van der Waals surface area contributed by atoms with Crippen LogP contribution in [-0.4, -0.2) is 35.6 Å². The van der Waals surface area contributed by atoms with Crippen molar-refractivity contribution in [2.45, 2.75) is 17.8 Å². The van der Waals surface area contributed by atoms with Gasteiger partial charge in [0.25, 0.3) is 0 Å². The van der Waals surface area contributed by atoms with Crippen molar-refractivity contribution >= 4 is 297 Å². The lowest BCUT2D eigenvalue weighted by molar-refractivity contribution is -0.131. The molecule has 28 aromatic rings. The van der Waals surface area contributed by atoms with Gasteiger partial charge in [0.15, 0.2) is 0 Å². The number of carboxylic acid groups (broad SMARTS) is 1. The van der Waals surface area contributed by atoms with Crippen molar-refractivity contribution in [2.24, 2.45) is 0 Å². The second kappa shape index (κ2) is 5.93. The van der Waals surface area contributed by atoms with Crippen LogP contribution in [0.2, 0.25) is 0 Å². The molecule has 28 aromatic carbocycles. The molecule has 2 unspecified atom stereocenters. The third-order valence-electron chi connectivity index (χ3n) is 25.5. The van der Waals surface area contributed by atoms with Gasteiger partial charge in [-0.25, -0.2) is 4.79 Å². The van der Waals surface area contributed by atoms with Gasteiger partial charge in [0, 0.05) is 25.7 Å². The molecular weight excluding hydrogens is 851 g/mol. The minimum atomic E-state index is -0.831. The highest BCUT2D eigenvalue weighted by Crippen LogP contribution is 2.85. The Kier molecular flexibility index (Phi) is 2.24. The van der Waals surface area contributed by atoms with Crippen molar-refractivity contribution in [2.75, 3.05) is 19.6 Å². The van der Waals surface area contributed by atoms with Crippen LogP contribution in [0.25, 0.3) is 291 Å². The summed E-state index contributed by atoms with van der Waals surface area (Å²) in [6.45, 7) is 4.61. The second-order valence-corrected chi connectivity index (χ2v) is 26.0. The van der Waals surface area contributed by atoms with Gasteiger partial charge >= 0.3 is 5.97 Å². The van der Waals surface area contributed by atoms with Crippen molar-refractivity contribution in [1.82, 2.24) is 4.90 Å². The van der Waals surface area contributed by atoms with E-state index in [-0.39, 0.29) is 10.8 Å². The monoisotopic (exact) mass is 861 g/mol. The van der Waals surface area contributed by atoms with Gasteiger partial charge in [-0.15, -0.1) is 0 Å². The Morgan fingerprint density at radius 2 is 0.471 bits per heavy atom. The van der Waals surface area contributed by atoms with E-state index in [9.17, 15) is 9.90 Å². The van der Waals surface area contributed by atoms with E-state index in [4.69, 9.17) is 0 Å². The summed E-state index contributed by atoms with van der Waals surface area (Å²) in [7, 11) is 0. The van der Waals surface area contributed by atoms with Crippen molar-refractivity contribution in [3.05, 3.63) is 33.9 Å². The predicted molar refractivity (Wildman–Crippen MR) is 292 cm³/mol. The lowest BCUT2D eigenvalue weighted by Crippen LogP contribution is -2.49. The molecule has 3 nitrogen and oxygen atoms in total. The van der Waals surface area contributed by atoms with Gasteiger partial charge in [-0.3, -0.25) is 4.90 Å². The highest BCUT2D eigenvalue weighted by Gasteiger charge is 2.73. The number of hydrogen-bond donors (Lipinski definition) is 1. The van der Waals surface area contributed by atoms with E-state index in [0.717, 1.165) is 18.7 Å². The Morgan fingerprint density at radius 1 is 0.314 bits per heavy atom. The maximum Gasteiger partial charge on any atom is 0.328 e. The molecule has 0 bridgehead atoms. The van der Waals surface area contributed by atoms with Crippen molar-refractivity contribution in [3.63, 3.8) is 0 Å². The molecule has 1 fully saturated rings. The molecule has 1 saturated heterocycles. The van der Waals surface area contributed by atoms with Crippen LogP contribution in [0.1, 0.15) is 29.2 Å². The summed E-state index contributed by atoms with van der Waals surface area (Å²) in [4.78, 5) is 15.3. The van der Waals surface area contributed by atoms with Crippen LogP contribution in [0.5, 0.6) is 0 Å². The molecule has 5 aliphatic rings. The van der Waals surface area contributed by atoms with Crippen molar-refractivity contribution in [3.8, 4) is 0 Å². The fourth-order valence-electron chi connectivity index (χ4n) is 25.6. The van der Waals surface area contributed by atoms with Gasteiger partial charge in [-0.05, 0) is 320 Å². The molecule has 2 atom stereocenters. The van der Waals surface area contributed by atoms with Crippen molar-refractivity contribution in [1.29, 1.82) is 0 Å². The molecule has 296 valence electrons. The van der Waals surface area contributed by atoms with Crippen LogP contribution >= 0.6 is 0 Å². The van der Waals surface area contributed by atoms with Gasteiger partial charge < -0.3 is 5.11 Å². The number of likely N-dealkylation sites (tertiary alicyclic amines) is 1. The van der Waals surface area contributed by atoms with Crippen molar-refractivity contribution < 1.29 is 9.90 Å². The number of carbonyl (C=O) groups is 1. The quantitative estimate of drug-likeness (QED) is 0.142. The number of aliphatic carboxylic acids is 1. The summed E-state index contributed by atoms with van der Waals surface area (Å²) >= 11 is 0. The molecule has 3 heteroatoms. The standard InChI is InChI=1S/C67H11NO2/c1-6(2-7(69)70)3-68-4-66-62-55-48-36-28-19-10-8-9-11-14(10)23-30(28)38-39-31(23)29-20(11)22-18-13(9)16-15-12(8)17-21(19)34(36)42-40-26(17)24(15)32-33-25(16)27(18)41-43-35(22)37(29)49-51(39)60(59(62)50(38)48)63-56(49)54(43)58-47(41)45(33)52-44(32)46(40)57(53(42)55)64(66)61(52)65(58)67(63,66)5-68/h2H,3-5H2,1H3,(H,69,70)/b6-2+. The van der Waals surface area contributed by atoms with E-state index < -0.39 is 5.97 Å². The van der Waals surface area contributed by atoms with Gasteiger partial charge in [-0.1, -0.05) is 5.57 Å². The van der Waals surface area contributed by atoms with Crippen LogP contribution in [0, 0.1) is 0 Å². The van der Waals surface area contributed by atoms with E-state index in [1.807, 2.05) is 0 Å². The first-order valence-corrected chi connectivity index (χ1v) is 26.0. The largest absolute Gasteiger partial charge is 0.478 e. The molecule has 0 radical (unpaired) electrons. The fourth-order valence-corrected chi connectivity index (χ4v) is 25.6. The maximum atomic E-state index is 12.5. The van der Waals surface area contributed by atoms with Gasteiger partial charge in [-0.2, -0.15) is 0 Å². The van der Waals surface area contributed by atoms with Crippen LogP contribution in [0.15, 0.2) is 11.6 Å². The molecular formula is C67H11NO2. The Labute approximate surface area is 381 Å². The number of rotatable bonds is 3. The summed E-state index contributed by atoms with van der Waals surface area (Å²) in [5, 5.41) is 98.3. The minimum absolute atomic E-state index is 0.304. The molecule has 0 saturated carbocycles. The topological polar surface area (TPSA) is 40.5 Å². The molecule has 0 amide bonds. The van der Waals surface area contributed by atoms with E-state index in [0.29, 0.717) is 6.54 Å². The first-order chi connectivity index (χ1) is 34.6. The lowest BCUT2D eigenvalue weighted by Gasteiger charge is -2.48. The summed E-state index contributed by atoms with van der Waals surface area (Å²) in [5.41, 5.74) is 7.14. The van der Waals surface area contributed by atoms with Crippen LogP contribution in [0.4, 0.5) is 0 Å². The maximum absolute atomic E-state index is 12.5. The average Bonchev–Trinajstić information content (AvgIpc) is 4.36. The van der Waals surface area contributed by atoms with Crippen LogP contribution in [0.3, 0.4) is 0 Å². The molecule has 70 heavy (non-hydrogen) atoms. The summed E-state index contributed by atoms with van der Waals surface area (Å²) < 4.78 is 0. The normalized spacial score (nSPS) is 23.1. The zero-order valence-electron chi connectivity index (χ0n) is 36.0. The molecule has 4 aliphatic carbocycles. The number of benzene rings is 17. The third-order valence-corrected chi connectivity index (χ3v) is 25.5. The molecule has 1 N–H and O–H groups in total. The van der Waals surface area contributed by atoms with Crippen LogP contribution < -0.4 is 0 Å². The Bertz CT molecular complexity index is 7020. The Morgan fingerprint density at radius 3 is 0.686 bits per heavy atom. The first-order valence-electron chi connectivity index (χ1n) is 26.0. The zero-order chi connectivity index (χ0) is 42.0. The van der Waals surface area contributed by atoms with E-state index in [1.54, 1.807) is 313 Å². The molecule has 33 rings (SSSR count). The SMILES string of the molecule is C/C(=C\C(=O)O)CN1CC23c4c5c6c7c8c9c(c%10c%11c2c2c%12c4c4c%13c5c5c7c7c8c8c%14c9c%10c9c%10c%11c2c2c%11c%12c4c4c%12c%13c5c5c7c7c8c8c%14c9c9c%10c2c2c%11c4c4c%12c5c7c5c8c9c2c45)C63C1. The molecule has 1 aliphatic heterocycles. The second-order valence-electron chi connectivity index (χ2n) is 26.0. The first kappa shape index (κ1) is 26.4. The smallest absolute Gasteiger partial charge is 0.328 e. The fraction of sp³-hybridized carbons (Fsp3) is 0.0896. The summed E-state index contributed by atoms with van der Waals surface area (Å²) in [5.74, 6) is -0.831. The van der Waals surface area contributed by atoms with E-state index in [1.165, 1.54) is 6.08 Å². The number of hydrogen-bond acceptors (Lipinski definition) is 2. The highest BCUT2D eigenvalue weighted by molar-refractivity contribution is 6.82. The number of nitrogens with zero attached hydrogens (tertiary/aromatic N) is 1. The highest BCUT2D eigenvalue weighted by atomic mass is 16.4. The van der Waals surface area contributed by atoms with Gasteiger partial charge in [0.1, 0.15) is 0 Å². The zero-order valence-corrected chi connectivity index (χ0v) is 36.0. The third kappa shape index (κ3) is 1.40. The Hall–Kier alpha value is -8.37. The molecule has 2 spiro atoms. The minimum Gasteiger partial charge on any atom is -0.478 e. The van der Waals surface area contributed by atoms with E-state index in [2.05, 4.69) is 11.8 Å². The Balaban J connectivity index is 1.15.